The molecule has 0 aliphatic rings. The molecule has 6 nitrogen and oxygen atoms in total. The maximum Gasteiger partial charge on any atom is 0.334 e. The molecule has 110 valence electrons. The van der Waals surface area contributed by atoms with Crippen molar-refractivity contribution in [3.05, 3.63) is 87.3 Å². The summed E-state index contributed by atoms with van der Waals surface area (Å²) in [5, 5.41) is 3.04. The highest BCUT2D eigenvalue weighted by Gasteiger charge is 2.06. The predicted octanol–water partition coefficient (Wildman–Crippen LogP) is 1.53. The number of rotatable bonds is 4. The summed E-state index contributed by atoms with van der Waals surface area (Å²) < 4.78 is 1.04. The zero-order valence-electron chi connectivity index (χ0n) is 11.7. The molecule has 0 amide bonds. The van der Waals surface area contributed by atoms with Gasteiger partial charge in [0.25, 0.3) is 5.56 Å². The van der Waals surface area contributed by atoms with Gasteiger partial charge in [-0.05, 0) is 17.7 Å². The van der Waals surface area contributed by atoms with Crippen LogP contribution in [0.3, 0.4) is 0 Å². The molecule has 2 heterocycles. The third-order valence-corrected chi connectivity index (χ3v) is 3.16. The van der Waals surface area contributed by atoms with Gasteiger partial charge < -0.3 is 5.32 Å². The van der Waals surface area contributed by atoms with Gasteiger partial charge in [-0.2, -0.15) is 0 Å². The third kappa shape index (κ3) is 2.95. The van der Waals surface area contributed by atoms with Gasteiger partial charge in [0.2, 0.25) is 0 Å². The molecule has 0 bridgehead atoms. The summed E-state index contributed by atoms with van der Waals surface area (Å²) in [6, 6.07) is 14.4. The van der Waals surface area contributed by atoms with Crippen molar-refractivity contribution < 1.29 is 0 Å². The lowest BCUT2D eigenvalue weighted by Gasteiger charge is -2.08. The van der Waals surface area contributed by atoms with Gasteiger partial charge in [0.05, 0.1) is 11.9 Å². The molecule has 2 aromatic heterocycles. The lowest BCUT2D eigenvalue weighted by Crippen LogP contribution is -2.33. The molecule has 0 atom stereocenters. The van der Waals surface area contributed by atoms with E-state index in [4.69, 9.17) is 0 Å². The van der Waals surface area contributed by atoms with E-state index in [1.54, 1.807) is 18.3 Å². The Kier molecular flexibility index (Phi) is 3.82. The number of nitrogens with zero attached hydrogens (tertiary/aromatic N) is 2. The Hall–Kier alpha value is -3.15. The smallest absolute Gasteiger partial charge is 0.334 e. The van der Waals surface area contributed by atoms with Gasteiger partial charge in [0.15, 0.2) is 0 Å². The van der Waals surface area contributed by atoms with Crippen LogP contribution in [0.25, 0.3) is 5.69 Å². The van der Waals surface area contributed by atoms with Gasteiger partial charge in [-0.25, -0.2) is 9.36 Å². The van der Waals surface area contributed by atoms with Gasteiger partial charge in [0.1, 0.15) is 5.82 Å². The van der Waals surface area contributed by atoms with Crippen LogP contribution in [-0.2, 0) is 6.54 Å². The number of hydrogen-bond donors (Lipinski definition) is 2. The average Bonchev–Trinajstić information content (AvgIpc) is 2.54. The molecule has 3 rings (SSSR count). The van der Waals surface area contributed by atoms with Crippen LogP contribution in [0.15, 0.2) is 70.5 Å². The molecule has 0 aliphatic carbocycles. The van der Waals surface area contributed by atoms with Crippen LogP contribution in [0.5, 0.6) is 0 Å². The van der Waals surface area contributed by atoms with Crippen molar-refractivity contribution in [3.8, 4) is 5.69 Å². The zero-order valence-corrected chi connectivity index (χ0v) is 11.7. The molecule has 0 saturated heterocycles. The monoisotopic (exact) mass is 294 g/mol. The number of benzene rings is 1. The van der Waals surface area contributed by atoms with Crippen molar-refractivity contribution in [2.45, 2.75) is 6.54 Å². The SMILES string of the molecule is O=c1cc(NCc2ccccc2)[nH]c(=O)n1-c1cccnc1. The minimum atomic E-state index is -0.504. The van der Waals surface area contributed by atoms with E-state index in [1.807, 2.05) is 30.3 Å². The highest BCUT2D eigenvalue weighted by atomic mass is 16.2. The zero-order chi connectivity index (χ0) is 15.4. The molecule has 3 aromatic rings. The van der Waals surface area contributed by atoms with E-state index in [0.29, 0.717) is 18.1 Å². The largest absolute Gasteiger partial charge is 0.367 e. The van der Waals surface area contributed by atoms with E-state index >= 15 is 0 Å². The number of anilines is 1. The number of aromatic nitrogens is 3. The van der Waals surface area contributed by atoms with Crippen LogP contribution < -0.4 is 16.6 Å². The van der Waals surface area contributed by atoms with Gasteiger partial charge in [0, 0.05) is 18.8 Å². The van der Waals surface area contributed by atoms with Crippen molar-refractivity contribution in [2.24, 2.45) is 0 Å². The molecule has 6 heteroatoms. The average molecular weight is 294 g/mol. The van der Waals surface area contributed by atoms with E-state index < -0.39 is 11.2 Å². The molecular formula is C16H14N4O2. The first-order valence-electron chi connectivity index (χ1n) is 6.78. The Morgan fingerprint density at radius 3 is 2.59 bits per heavy atom. The second-order valence-electron chi connectivity index (χ2n) is 4.71. The standard InChI is InChI=1S/C16H14N4O2/c21-15-9-14(18-10-12-5-2-1-3-6-12)19-16(22)20(15)13-7-4-8-17-11-13/h1-9,11,18H,10H2,(H,19,22). The van der Waals surface area contributed by atoms with Crippen LogP contribution in [0.1, 0.15) is 5.56 Å². The van der Waals surface area contributed by atoms with Crippen LogP contribution in [0.2, 0.25) is 0 Å². The van der Waals surface area contributed by atoms with E-state index in [-0.39, 0.29) is 0 Å². The number of hydrogen-bond acceptors (Lipinski definition) is 4. The third-order valence-electron chi connectivity index (χ3n) is 3.16. The Morgan fingerprint density at radius 2 is 1.91 bits per heavy atom. The van der Waals surface area contributed by atoms with Crippen LogP contribution in [0.4, 0.5) is 5.82 Å². The van der Waals surface area contributed by atoms with Crippen molar-refractivity contribution >= 4 is 5.82 Å². The molecular weight excluding hydrogens is 280 g/mol. The predicted molar refractivity (Wildman–Crippen MR) is 84.2 cm³/mol. The fourth-order valence-corrected chi connectivity index (χ4v) is 2.11. The number of H-pyrrole nitrogens is 1. The van der Waals surface area contributed by atoms with E-state index in [0.717, 1.165) is 10.1 Å². The highest BCUT2D eigenvalue weighted by molar-refractivity contribution is 5.36. The summed E-state index contributed by atoms with van der Waals surface area (Å²) in [6.07, 6.45) is 3.05. The maximum atomic E-state index is 12.1. The molecule has 0 spiro atoms. The van der Waals surface area contributed by atoms with Crippen LogP contribution in [0, 0.1) is 0 Å². The van der Waals surface area contributed by atoms with Gasteiger partial charge in [-0.15, -0.1) is 0 Å². The molecule has 0 unspecified atom stereocenters. The Labute approximate surface area is 126 Å². The Balaban J connectivity index is 1.87. The number of pyridine rings is 1. The molecule has 22 heavy (non-hydrogen) atoms. The van der Waals surface area contributed by atoms with E-state index in [9.17, 15) is 9.59 Å². The lowest BCUT2D eigenvalue weighted by molar-refractivity contribution is 0.867. The first-order valence-corrected chi connectivity index (χ1v) is 6.78. The first-order chi connectivity index (χ1) is 10.7. The molecule has 0 aliphatic heterocycles. The molecule has 0 fully saturated rings. The number of nitrogens with one attached hydrogen (secondary N) is 2. The van der Waals surface area contributed by atoms with Crippen LogP contribution >= 0.6 is 0 Å². The van der Waals surface area contributed by atoms with Crippen molar-refractivity contribution in [1.82, 2.24) is 14.5 Å². The summed E-state index contributed by atoms with van der Waals surface area (Å²) in [4.78, 5) is 30.8. The van der Waals surface area contributed by atoms with Crippen molar-refractivity contribution in [1.29, 1.82) is 0 Å². The number of aromatic amines is 1. The quantitative estimate of drug-likeness (QED) is 0.765. The van der Waals surface area contributed by atoms with E-state index in [1.165, 1.54) is 12.3 Å². The molecule has 2 N–H and O–H groups in total. The lowest BCUT2D eigenvalue weighted by atomic mass is 10.2. The summed E-state index contributed by atoms with van der Waals surface area (Å²) in [7, 11) is 0. The summed E-state index contributed by atoms with van der Waals surface area (Å²) in [6.45, 7) is 0.521. The Bertz CT molecular complexity index is 839. The highest BCUT2D eigenvalue weighted by Crippen LogP contribution is 2.04. The normalized spacial score (nSPS) is 10.4. The van der Waals surface area contributed by atoms with E-state index in [2.05, 4.69) is 15.3 Å². The Morgan fingerprint density at radius 1 is 1.09 bits per heavy atom. The van der Waals surface area contributed by atoms with Crippen molar-refractivity contribution in [3.63, 3.8) is 0 Å². The second kappa shape index (κ2) is 6.09. The van der Waals surface area contributed by atoms with Crippen molar-refractivity contribution in [2.75, 3.05) is 5.32 Å². The summed E-state index contributed by atoms with van der Waals surface area (Å²) in [5.74, 6) is 0.388. The van der Waals surface area contributed by atoms with Gasteiger partial charge in [-0.3, -0.25) is 14.8 Å². The molecule has 1 aromatic carbocycles. The topological polar surface area (TPSA) is 79.8 Å². The fraction of sp³-hybridized carbons (Fsp3) is 0.0625. The maximum absolute atomic E-state index is 12.1. The minimum Gasteiger partial charge on any atom is -0.367 e. The van der Waals surface area contributed by atoms with Crippen LogP contribution in [-0.4, -0.2) is 14.5 Å². The second-order valence-corrected chi connectivity index (χ2v) is 4.71. The molecule has 0 saturated carbocycles. The van der Waals surface area contributed by atoms with Gasteiger partial charge in [-0.1, -0.05) is 30.3 Å². The minimum absolute atomic E-state index is 0.388. The summed E-state index contributed by atoms with van der Waals surface area (Å²) >= 11 is 0. The first kappa shape index (κ1) is 13.8. The van der Waals surface area contributed by atoms with Gasteiger partial charge >= 0.3 is 5.69 Å². The fourth-order valence-electron chi connectivity index (χ4n) is 2.11. The molecule has 0 radical (unpaired) electrons. The summed E-state index contributed by atoms with van der Waals surface area (Å²) in [5.41, 5.74) is 0.575.